The molecule has 0 aliphatic heterocycles. The maximum Gasteiger partial charge on any atom is 0.0734 e. The molecule has 2 heterocycles. The lowest BCUT2D eigenvalue weighted by molar-refractivity contribution is 0.675. The minimum Gasteiger partial charge on any atom is -0.312 e. The number of aryl methyl sites for hydroxylation is 1. The number of benzene rings is 1. The van der Waals surface area contributed by atoms with Crippen molar-refractivity contribution in [1.29, 1.82) is 0 Å². The number of hydrogen-bond acceptors (Lipinski definition) is 3. The van der Waals surface area contributed by atoms with Gasteiger partial charge in [-0.2, -0.15) is 5.10 Å². The molecule has 0 atom stereocenters. The Balaban J connectivity index is 1.62. The second kappa shape index (κ2) is 6.92. The van der Waals surface area contributed by atoms with E-state index in [0.29, 0.717) is 5.92 Å². The van der Waals surface area contributed by atoms with Gasteiger partial charge in [0, 0.05) is 36.9 Å². The summed E-state index contributed by atoms with van der Waals surface area (Å²) in [5.74, 6) is 0.454. The third-order valence-electron chi connectivity index (χ3n) is 4.09. The van der Waals surface area contributed by atoms with E-state index in [9.17, 15) is 0 Å². The van der Waals surface area contributed by atoms with E-state index in [0.717, 1.165) is 25.0 Å². The molecule has 4 nitrogen and oxygen atoms in total. The molecule has 120 valence electrons. The van der Waals surface area contributed by atoms with Crippen molar-refractivity contribution in [3.63, 3.8) is 0 Å². The van der Waals surface area contributed by atoms with Crippen LogP contribution >= 0.6 is 0 Å². The van der Waals surface area contributed by atoms with Crippen LogP contribution in [-0.4, -0.2) is 21.3 Å². The zero-order valence-electron chi connectivity index (χ0n) is 14.1. The maximum absolute atomic E-state index is 4.55. The minimum atomic E-state index is 0.454. The van der Waals surface area contributed by atoms with Gasteiger partial charge >= 0.3 is 0 Å². The van der Waals surface area contributed by atoms with Crippen molar-refractivity contribution >= 4 is 10.9 Å². The van der Waals surface area contributed by atoms with Crippen molar-refractivity contribution in [2.75, 3.05) is 6.54 Å². The fraction of sp³-hybridized carbons (Fsp3) is 0.368. The van der Waals surface area contributed by atoms with E-state index in [-0.39, 0.29) is 0 Å². The summed E-state index contributed by atoms with van der Waals surface area (Å²) in [7, 11) is 1.98. The van der Waals surface area contributed by atoms with E-state index in [1.807, 2.05) is 24.0 Å². The highest BCUT2D eigenvalue weighted by Gasteiger charge is 2.10. The van der Waals surface area contributed by atoms with Gasteiger partial charge in [-0.15, -0.1) is 0 Å². The summed E-state index contributed by atoms with van der Waals surface area (Å²) in [6, 6.07) is 10.5. The Morgan fingerprint density at radius 3 is 2.78 bits per heavy atom. The number of nitrogens with one attached hydrogen (secondary N) is 1. The van der Waals surface area contributed by atoms with Crippen LogP contribution in [0.3, 0.4) is 0 Å². The van der Waals surface area contributed by atoms with Crippen molar-refractivity contribution in [3.8, 4) is 0 Å². The zero-order chi connectivity index (χ0) is 16.2. The van der Waals surface area contributed by atoms with Crippen molar-refractivity contribution < 1.29 is 0 Å². The highest BCUT2D eigenvalue weighted by Crippen LogP contribution is 2.18. The molecule has 0 bridgehead atoms. The summed E-state index contributed by atoms with van der Waals surface area (Å²) in [5.41, 5.74) is 4.89. The van der Waals surface area contributed by atoms with Crippen LogP contribution in [0.4, 0.5) is 0 Å². The summed E-state index contributed by atoms with van der Waals surface area (Å²) in [5, 5.41) is 9.30. The first-order chi connectivity index (χ1) is 11.1. The standard InChI is InChI=1S/C19H24N4/c1-14(2)18-17(13-23(3)22-18)12-20-11-9-16-7-4-6-15-8-5-10-21-19(15)16/h4-8,10,13-14,20H,9,11-12H2,1-3H3. The molecule has 0 unspecified atom stereocenters. The third-order valence-corrected chi connectivity index (χ3v) is 4.09. The average molecular weight is 308 g/mol. The van der Waals surface area contributed by atoms with Crippen LogP contribution in [0.5, 0.6) is 0 Å². The molecule has 1 N–H and O–H groups in total. The van der Waals surface area contributed by atoms with Crippen LogP contribution < -0.4 is 5.32 Å². The smallest absolute Gasteiger partial charge is 0.0734 e. The molecule has 23 heavy (non-hydrogen) atoms. The first-order valence-corrected chi connectivity index (χ1v) is 8.21. The SMILES string of the molecule is CC(C)c1nn(C)cc1CNCCc1cccc2cccnc12. The second-order valence-electron chi connectivity index (χ2n) is 6.29. The number of pyridine rings is 1. The molecule has 0 spiro atoms. The van der Waals surface area contributed by atoms with Gasteiger partial charge in [0.25, 0.3) is 0 Å². The first kappa shape index (κ1) is 15.7. The van der Waals surface area contributed by atoms with Crippen LogP contribution in [0.15, 0.2) is 42.7 Å². The Morgan fingerprint density at radius 2 is 1.96 bits per heavy atom. The molecule has 0 radical (unpaired) electrons. The van der Waals surface area contributed by atoms with Crippen LogP contribution in [0, 0.1) is 0 Å². The highest BCUT2D eigenvalue weighted by molar-refractivity contribution is 5.81. The number of rotatable bonds is 6. The van der Waals surface area contributed by atoms with Crippen molar-refractivity contribution in [2.45, 2.75) is 32.7 Å². The van der Waals surface area contributed by atoms with Gasteiger partial charge in [-0.3, -0.25) is 9.67 Å². The van der Waals surface area contributed by atoms with E-state index in [1.165, 1.54) is 22.2 Å². The third kappa shape index (κ3) is 3.59. The summed E-state index contributed by atoms with van der Waals surface area (Å²) in [6.45, 7) is 6.17. The Labute approximate surface area is 137 Å². The van der Waals surface area contributed by atoms with E-state index < -0.39 is 0 Å². The Hall–Kier alpha value is -2.20. The molecular weight excluding hydrogens is 284 g/mol. The molecule has 4 heteroatoms. The Kier molecular flexibility index (Phi) is 4.72. The predicted molar refractivity (Wildman–Crippen MR) is 94.5 cm³/mol. The summed E-state index contributed by atoms with van der Waals surface area (Å²) >= 11 is 0. The second-order valence-corrected chi connectivity index (χ2v) is 6.29. The quantitative estimate of drug-likeness (QED) is 0.710. The number of para-hydroxylation sites is 1. The van der Waals surface area contributed by atoms with Crippen LogP contribution in [0.1, 0.15) is 36.6 Å². The largest absolute Gasteiger partial charge is 0.312 e. The predicted octanol–water partition coefficient (Wildman–Crippen LogP) is 3.42. The highest BCUT2D eigenvalue weighted by atomic mass is 15.3. The average Bonchev–Trinajstić information content (AvgIpc) is 2.93. The van der Waals surface area contributed by atoms with E-state index in [2.05, 4.69) is 59.7 Å². The van der Waals surface area contributed by atoms with Gasteiger partial charge in [0.1, 0.15) is 0 Å². The van der Waals surface area contributed by atoms with Gasteiger partial charge in [-0.25, -0.2) is 0 Å². The Morgan fingerprint density at radius 1 is 1.13 bits per heavy atom. The van der Waals surface area contributed by atoms with E-state index in [4.69, 9.17) is 0 Å². The molecule has 0 fully saturated rings. The topological polar surface area (TPSA) is 42.7 Å². The summed E-state index contributed by atoms with van der Waals surface area (Å²) in [6.07, 6.45) is 4.96. The van der Waals surface area contributed by atoms with Gasteiger partial charge < -0.3 is 5.32 Å². The molecule has 1 aromatic carbocycles. The molecule has 0 saturated carbocycles. The molecular formula is C19H24N4. The van der Waals surface area contributed by atoms with Crippen LogP contribution in [0.25, 0.3) is 10.9 Å². The van der Waals surface area contributed by atoms with Gasteiger partial charge in [0.2, 0.25) is 0 Å². The van der Waals surface area contributed by atoms with Gasteiger partial charge in [-0.1, -0.05) is 38.1 Å². The molecule has 0 saturated heterocycles. The zero-order valence-corrected chi connectivity index (χ0v) is 14.1. The van der Waals surface area contributed by atoms with Crippen molar-refractivity contribution in [2.24, 2.45) is 7.05 Å². The van der Waals surface area contributed by atoms with Crippen molar-refractivity contribution in [1.82, 2.24) is 20.1 Å². The fourth-order valence-electron chi connectivity index (χ4n) is 2.99. The molecule has 3 rings (SSSR count). The summed E-state index contributed by atoms with van der Waals surface area (Å²) in [4.78, 5) is 4.52. The lowest BCUT2D eigenvalue weighted by Gasteiger charge is -2.08. The molecule has 2 aromatic heterocycles. The molecule has 0 aliphatic carbocycles. The number of aromatic nitrogens is 3. The van der Waals surface area contributed by atoms with Crippen LogP contribution in [-0.2, 0) is 20.0 Å². The van der Waals surface area contributed by atoms with Gasteiger partial charge in [0.05, 0.1) is 11.2 Å². The van der Waals surface area contributed by atoms with Gasteiger partial charge in [0.15, 0.2) is 0 Å². The lowest BCUT2D eigenvalue weighted by Crippen LogP contribution is -2.17. The first-order valence-electron chi connectivity index (χ1n) is 8.21. The minimum absolute atomic E-state index is 0.454. The molecule has 0 amide bonds. The van der Waals surface area contributed by atoms with Gasteiger partial charge in [-0.05, 0) is 30.5 Å². The molecule has 0 aliphatic rings. The Bertz CT molecular complexity index is 784. The molecule has 3 aromatic rings. The van der Waals surface area contributed by atoms with E-state index in [1.54, 1.807) is 0 Å². The summed E-state index contributed by atoms with van der Waals surface area (Å²) < 4.78 is 1.90. The number of hydrogen-bond donors (Lipinski definition) is 1. The number of nitrogens with zero attached hydrogens (tertiary/aromatic N) is 3. The number of fused-ring (bicyclic) bond motifs is 1. The monoisotopic (exact) mass is 308 g/mol. The van der Waals surface area contributed by atoms with Crippen LogP contribution in [0.2, 0.25) is 0 Å². The maximum atomic E-state index is 4.55. The fourth-order valence-corrected chi connectivity index (χ4v) is 2.99. The van der Waals surface area contributed by atoms with Crippen molar-refractivity contribution in [3.05, 3.63) is 59.5 Å². The normalized spacial score (nSPS) is 11.5. The lowest BCUT2D eigenvalue weighted by atomic mass is 10.1. The van der Waals surface area contributed by atoms with E-state index >= 15 is 0 Å².